The highest BCUT2D eigenvalue weighted by Crippen LogP contribution is 2.16. The van der Waals surface area contributed by atoms with E-state index < -0.39 is 11.8 Å². The Bertz CT molecular complexity index is 410. The summed E-state index contributed by atoms with van der Waals surface area (Å²) in [6.45, 7) is 1.05. The van der Waals surface area contributed by atoms with E-state index in [0.717, 1.165) is 31.6 Å². The molecule has 4 nitrogen and oxygen atoms in total. The van der Waals surface area contributed by atoms with Gasteiger partial charge in [0, 0.05) is 18.7 Å². The fourth-order valence-corrected chi connectivity index (χ4v) is 1.97. The SMILES string of the molecule is Nc1cc(F)cc(C(=O)OCCC2CCCO2)c1. The molecular formula is C13H16FNO3. The molecule has 0 amide bonds. The van der Waals surface area contributed by atoms with Gasteiger partial charge in [-0.15, -0.1) is 0 Å². The molecule has 1 fully saturated rings. The van der Waals surface area contributed by atoms with E-state index in [9.17, 15) is 9.18 Å². The zero-order valence-corrected chi connectivity index (χ0v) is 10.0. The van der Waals surface area contributed by atoms with Gasteiger partial charge in [0.2, 0.25) is 0 Å². The standard InChI is InChI=1S/C13H16FNO3/c14-10-6-9(7-11(15)8-10)13(16)18-5-3-12-2-1-4-17-12/h6-8,12H,1-5,15H2. The van der Waals surface area contributed by atoms with Crippen molar-refractivity contribution in [1.82, 2.24) is 0 Å². The van der Waals surface area contributed by atoms with E-state index in [4.69, 9.17) is 15.2 Å². The zero-order chi connectivity index (χ0) is 13.0. The molecular weight excluding hydrogens is 237 g/mol. The lowest BCUT2D eigenvalue weighted by molar-refractivity contribution is 0.0385. The molecule has 1 atom stereocenters. The topological polar surface area (TPSA) is 61.6 Å². The summed E-state index contributed by atoms with van der Waals surface area (Å²) in [4.78, 5) is 11.6. The lowest BCUT2D eigenvalue weighted by Gasteiger charge is -2.09. The number of anilines is 1. The van der Waals surface area contributed by atoms with Crippen LogP contribution in [0.5, 0.6) is 0 Å². The largest absolute Gasteiger partial charge is 0.462 e. The van der Waals surface area contributed by atoms with Gasteiger partial charge in [0.05, 0.1) is 18.3 Å². The number of halogens is 1. The smallest absolute Gasteiger partial charge is 0.338 e. The van der Waals surface area contributed by atoms with Crippen LogP contribution in [0.15, 0.2) is 18.2 Å². The summed E-state index contributed by atoms with van der Waals surface area (Å²) in [6, 6.07) is 3.67. The summed E-state index contributed by atoms with van der Waals surface area (Å²) >= 11 is 0. The van der Waals surface area contributed by atoms with Gasteiger partial charge in [-0.1, -0.05) is 0 Å². The molecule has 0 saturated carbocycles. The summed E-state index contributed by atoms with van der Waals surface area (Å²) in [5.74, 6) is -1.10. The summed E-state index contributed by atoms with van der Waals surface area (Å²) in [7, 11) is 0. The van der Waals surface area contributed by atoms with Crippen molar-refractivity contribution in [3.63, 3.8) is 0 Å². The van der Waals surface area contributed by atoms with Crippen LogP contribution >= 0.6 is 0 Å². The second-order valence-corrected chi connectivity index (χ2v) is 4.33. The average molecular weight is 253 g/mol. The second-order valence-electron chi connectivity index (χ2n) is 4.33. The van der Waals surface area contributed by atoms with Crippen molar-refractivity contribution in [1.29, 1.82) is 0 Å². The Morgan fingerprint density at radius 2 is 2.33 bits per heavy atom. The van der Waals surface area contributed by atoms with E-state index in [-0.39, 0.29) is 24.0 Å². The monoisotopic (exact) mass is 253 g/mol. The van der Waals surface area contributed by atoms with Crippen molar-refractivity contribution < 1.29 is 18.7 Å². The van der Waals surface area contributed by atoms with E-state index in [1.807, 2.05) is 0 Å². The molecule has 2 N–H and O–H groups in total. The van der Waals surface area contributed by atoms with Crippen molar-refractivity contribution >= 4 is 11.7 Å². The second kappa shape index (κ2) is 5.82. The average Bonchev–Trinajstić information content (AvgIpc) is 2.80. The summed E-state index contributed by atoms with van der Waals surface area (Å²) in [5, 5.41) is 0. The molecule has 0 bridgehead atoms. The predicted octanol–water partition coefficient (Wildman–Crippen LogP) is 2.13. The van der Waals surface area contributed by atoms with Crippen LogP contribution in [0.25, 0.3) is 0 Å². The summed E-state index contributed by atoms with van der Waals surface area (Å²) < 4.78 is 23.5. The van der Waals surface area contributed by atoms with Crippen LogP contribution in [0.2, 0.25) is 0 Å². The van der Waals surface area contributed by atoms with Crippen LogP contribution in [0.4, 0.5) is 10.1 Å². The third kappa shape index (κ3) is 3.43. The van der Waals surface area contributed by atoms with Crippen molar-refractivity contribution in [2.45, 2.75) is 25.4 Å². The molecule has 1 aromatic carbocycles. The number of hydrogen-bond donors (Lipinski definition) is 1. The van der Waals surface area contributed by atoms with Crippen LogP contribution < -0.4 is 5.73 Å². The molecule has 1 aliphatic heterocycles. The van der Waals surface area contributed by atoms with Gasteiger partial charge >= 0.3 is 5.97 Å². The van der Waals surface area contributed by atoms with Gasteiger partial charge in [-0.2, -0.15) is 0 Å². The molecule has 0 aliphatic carbocycles. The Hall–Kier alpha value is -1.62. The molecule has 0 spiro atoms. The first-order valence-corrected chi connectivity index (χ1v) is 6.00. The maximum Gasteiger partial charge on any atom is 0.338 e. The van der Waals surface area contributed by atoms with Crippen LogP contribution in [-0.2, 0) is 9.47 Å². The predicted molar refractivity (Wildman–Crippen MR) is 64.7 cm³/mol. The molecule has 18 heavy (non-hydrogen) atoms. The van der Waals surface area contributed by atoms with Gasteiger partial charge in [-0.3, -0.25) is 0 Å². The van der Waals surface area contributed by atoms with Crippen molar-refractivity contribution in [3.05, 3.63) is 29.6 Å². The first-order valence-electron chi connectivity index (χ1n) is 6.00. The number of nitrogen functional groups attached to an aromatic ring is 1. The molecule has 5 heteroatoms. The molecule has 0 aromatic heterocycles. The number of rotatable bonds is 4. The quantitative estimate of drug-likeness (QED) is 0.659. The lowest BCUT2D eigenvalue weighted by atomic mass is 10.2. The van der Waals surface area contributed by atoms with Gasteiger partial charge in [-0.25, -0.2) is 9.18 Å². The van der Waals surface area contributed by atoms with Crippen LogP contribution in [-0.4, -0.2) is 25.3 Å². The Balaban J connectivity index is 1.83. The number of esters is 1. The Labute approximate surface area is 105 Å². The minimum Gasteiger partial charge on any atom is -0.462 e. The number of benzene rings is 1. The van der Waals surface area contributed by atoms with Crippen molar-refractivity contribution in [3.8, 4) is 0 Å². The third-order valence-corrected chi connectivity index (χ3v) is 2.85. The summed E-state index contributed by atoms with van der Waals surface area (Å²) in [5.41, 5.74) is 5.81. The van der Waals surface area contributed by atoms with Crippen LogP contribution in [0, 0.1) is 5.82 Å². The fourth-order valence-electron chi connectivity index (χ4n) is 1.97. The number of carbonyl (C=O) groups is 1. The number of ether oxygens (including phenoxy) is 2. The number of hydrogen-bond acceptors (Lipinski definition) is 4. The molecule has 1 heterocycles. The summed E-state index contributed by atoms with van der Waals surface area (Å²) in [6.07, 6.45) is 2.91. The van der Waals surface area contributed by atoms with Crippen LogP contribution in [0.1, 0.15) is 29.6 Å². The highest BCUT2D eigenvalue weighted by molar-refractivity contribution is 5.90. The first kappa shape index (κ1) is 12.8. The Morgan fingerprint density at radius 1 is 1.50 bits per heavy atom. The van der Waals surface area contributed by atoms with Gasteiger partial charge in [0.15, 0.2) is 0 Å². The minimum absolute atomic E-state index is 0.139. The van der Waals surface area contributed by atoms with Crippen molar-refractivity contribution in [2.75, 3.05) is 18.9 Å². The van der Waals surface area contributed by atoms with Gasteiger partial charge < -0.3 is 15.2 Å². The van der Waals surface area contributed by atoms with Gasteiger partial charge in [0.25, 0.3) is 0 Å². The molecule has 0 radical (unpaired) electrons. The molecule has 1 aliphatic rings. The molecule has 2 rings (SSSR count). The minimum atomic E-state index is -0.556. The molecule has 1 aromatic rings. The normalized spacial score (nSPS) is 18.8. The Kier molecular flexibility index (Phi) is 4.15. The van der Waals surface area contributed by atoms with E-state index >= 15 is 0 Å². The fraction of sp³-hybridized carbons (Fsp3) is 0.462. The Morgan fingerprint density at radius 3 is 3.00 bits per heavy atom. The van der Waals surface area contributed by atoms with E-state index in [1.165, 1.54) is 6.07 Å². The van der Waals surface area contributed by atoms with Crippen molar-refractivity contribution in [2.24, 2.45) is 0 Å². The van der Waals surface area contributed by atoms with E-state index in [0.29, 0.717) is 6.42 Å². The van der Waals surface area contributed by atoms with E-state index in [2.05, 4.69) is 0 Å². The lowest BCUT2D eigenvalue weighted by Crippen LogP contribution is -2.13. The number of nitrogens with two attached hydrogens (primary N) is 1. The van der Waals surface area contributed by atoms with Crippen LogP contribution in [0.3, 0.4) is 0 Å². The highest BCUT2D eigenvalue weighted by Gasteiger charge is 2.16. The van der Waals surface area contributed by atoms with Gasteiger partial charge in [0.1, 0.15) is 5.82 Å². The van der Waals surface area contributed by atoms with Gasteiger partial charge in [-0.05, 0) is 31.0 Å². The molecule has 98 valence electrons. The van der Waals surface area contributed by atoms with E-state index in [1.54, 1.807) is 0 Å². The molecule has 1 saturated heterocycles. The molecule has 1 unspecified atom stereocenters. The maximum atomic E-state index is 13.0. The first-order chi connectivity index (χ1) is 8.65. The highest BCUT2D eigenvalue weighted by atomic mass is 19.1. The number of carbonyl (C=O) groups excluding carboxylic acids is 1. The zero-order valence-electron chi connectivity index (χ0n) is 10.0. The third-order valence-electron chi connectivity index (χ3n) is 2.85. The maximum absolute atomic E-state index is 13.0.